The quantitative estimate of drug-likeness (QED) is 0.552. The van der Waals surface area contributed by atoms with Gasteiger partial charge in [-0.05, 0) is 40.8 Å². The van der Waals surface area contributed by atoms with E-state index < -0.39 is 10.0 Å². The van der Waals surface area contributed by atoms with Gasteiger partial charge in [-0.15, -0.1) is 0 Å². The molecular formula is C22H29ClN2O3S2. The van der Waals surface area contributed by atoms with E-state index in [1.807, 2.05) is 36.4 Å². The lowest BCUT2D eigenvalue weighted by atomic mass is 9.87. The van der Waals surface area contributed by atoms with Gasteiger partial charge in [-0.3, -0.25) is 9.10 Å². The van der Waals surface area contributed by atoms with Crippen LogP contribution in [0.25, 0.3) is 0 Å². The van der Waals surface area contributed by atoms with E-state index in [0.29, 0.717) is 17.3 Å². The Morgan fingerprint density at radius 2 is 1.80 bits per heavy atom. The molecule has 0 aliphatic heterocycles. The van der Waals surface area contributed by atoms with Crippen LogP contribution in [0.4, 0.5) is 5.69 Å². The van der Waals surface area contributed by atoms with Gasteiger partial charge in [0.2, 0.25) is 15.9 Å². The van der Waals surface area contributed by atoms with E-state index in [9.17, 15) is 13.2 Å². The first-order valence-corrected chi connectivity index (χ1v) is 13.0. The van der Waals surface area contributed by atoms with E-state index in [2.05, 4.69) is 26.1 Å². The minimum atomic E-state index is -3.58. The number of nitrogens with zero attached hydrogens (tertiary/aromatic N) is 1. The van der Waals surface area contributed by atoms with E-state index in [1.54, 1.807) is 23.9 Å². The van der Waals surface area contributed by atoms with Crippen LogP contribution in [0.1, 0.15) is 31.9 Å². The number of thioether (sulfide) groups is 1. The van der Waals surface area contributed by atoms with Crippen LogP contribution in [0, 0.1) is 0 Å². The Kier molecular flexibility index (Phi) is 8.64. The Balaban J connectivity index is 1.88. The smallest absolute Gasteiger partial charge is 0.240 e. The molecule has 0 heterocycles. The zero-order chi connectivity index (χ0) is 22.4. The second kappa shape index (κ2) is 10.6. The van der Waals surface area contributed by atoms with Crippen LogP contribution in [0.5, 0.6) is 0 Å². The molecular weight excluding hydrogens is 440 g/mol. The number of rotatable bonds is 9. The minimum absolute atomic E-state index is 0.0332. The fraction of sp³-hybridized carbons (Fsp3) is 0.409. The third kappa shape index (κ3) is 7.85. The van der Waals surface area contributed by atoms with Crippen molar-refractivity contribution in [1.82, 2.24) is 5.32 Å². The molecule has 0 saturated heterocycles. The van der Waals surface area contributed by atoms with Crippen molar-refractivity contribution >= 4 is 45.0 Å². The molecule has 0 radical (unpaired) electrons. The molecule has 0 unspecified atom stereocenters. The number of sulfonamides is 1. The van der Waals surface area contributed by atoms with Crippen molar-refractivity contribution in [2.75, 3.05) is 29.4 Å². The van der Waals surface area contributed by atoms with E-state index in [4.69, 9.17) is 11.6 Å². The first kappa shape index (κ1) is 24.6. The topological polar surface area (TPSA) is 66.5 Å². The summed E-state index contributed by atoms with van der Waals surface area (Å²) in [7, 11) is -3.58. The molecule has 1 N–H and O–H groups in total. The van der Waals surface area contributed by atoms with Crippen LogP contribution in [0.15, 0.2) is 48.5 Å². The second-order valence-corrected chi connectivity index (χ2v) is 11.5. The molecule has 8 heteroatoms. The van der Waals surface area contributed by atoms with Crippen molar-refractivity contribution in [3.63, 3.8) is 0 Å². The average molecular weight is 469 g/mol. The number of halogens is 1. The van der Waals surface area contributed by atoms with Gasteiger partial charge in [0.1, 0.15) is 6.54 Å². The molecule has 2 aromatic carbocycles. The normalized spacial score (nSPS) is 11.9. The summed E-state index contributed by atoms with van der Waals surface area (Å²) in [6.45, 7) is 6.49. The maximum absolute atomic E-state index is 12.3. The van der Waals surface area contributed by atoms with Crippen molar-refractivity contribution < 1.29 is 13.2 Å². The average Bonchev–Trinajstić information content (AvgIpc) is 2.64. The highest BCUT2D eigenvalue weighted by atomic mass is 35.5. The first-order valence-electron chi connectivity index (χ1n) is 9.64. The van der Waals surface area contributed by atoms with Gasteiger partial charge in [0.25, 0.3) is 0 Å². The SMILES string of the molecule is CC(C)(C)c1ccc(N(CC(=O)NCCSCc2cccc(Cl)c2)S(C)(=O)=O)cc1. The highest BCUT2D eigenvalue weighted by molar-refractivity contribution is 7.98. The minimum Gasteiger partial charge on any atom is -0.354 e. The molecule has 5 nitrogen and oxygen atoms in total. The highest BCUT2D eigenvalue weighted by Crippen LogP contribution is 2.25. The van der Waals surface area contributed by atoms with Crippen molar-refractivity contribution in [2.45, 2.75) is 31.9 Å². The Bertz CT molecular complexity index is 955. The summed E-state index contributed by atoms with van der Waals surface area (Å²) in [5, 5.41) is 3.50. The summed E-state index contributed by atoms with van der Waals surface area (Å²) < 4.78 is 25.6. The second-order valence-electron chi connectivity index (χ2n) is 8.10. The molecule has 30 heavy (non-hydrogen) atoms. The largest absolute Gasteiger partial charge is 0.354 e. The lowest BCUT2D eigenvalue weighted by molar-refractivity contribution is -0.119. The van der Waals surface area contributed by atoms with Gasteiger partial charge >= 0.3 is 0 Å². The molecule has 0 bridgehead atoms. The van der Waals surface area contributed by atoms with Gasteiger partial charge < -0.3 is 5.32 Å². The first-order chi connectivity index (χ1) is 14.0. The monoisotopic (exact) mass is 468 g/mol. The number of benzene rings is 2. The van der Waals surface area contributed by atoms with Crippen molar-refractivity contribution in [3.05, 3.63) is 64.7 Å². The van der Waals surface area contributed by atoms with E-state index in [1.165, 1.54) is 0 Å². The maximum atomic E-state index is 12.3. The number of anilines is 1. The van der Waals surface area contributed by atoms with Gasteiger partial charge in [0.05, 0.1) is 11.9 Å². The molecule has 0 saturated carbocycles. The zero-order valence-corrected chi connectivity index (χ0v) is 20.2. The summed E-state index contributed by atoms with van der Waals surface area (Å²) in [6.07, 6.45) is 1.11. The molecule has 2 aromatic rings. The lowest BCUT2D eigenvalue weighted by Gasteiger charge is -2.24. The summed E-state index contributed by atoms with van der Waals surface area (Å²) in [5.74, 6) is 1.19. The summed E-state index contributed by atoms with van der Waals surface area (Å²) >= 11 is 7.65. The number of hydrogen-bond acceptors (Lipinski definition) is 4. The summed E-state index contributed by atoms with van der Waals surface area (Å²) in [4.78, 5) is 12.3. The standard InChI is InChI=1S/C22H29ClN2O3S2/c1-22(2,3)18-8-10-20(11-9-18)25(30(4,27)28)15-21(26)24-12-13-29-16-17-6-5-7-19(23)14-17/h5-11,14H,12-13,15-16H2,1-4H3,(H,24,26). The van der Waals surface area contributed by atoms with Crippen LogP contribution in [0.3, 0.4) is 0 Å². The number of carbonyl (C=O) groups excluding carboxylic acids is 1. The molecule has 0 fully saturated rings. The Morgan fingerprint density at radius 1 is 1.13 bits per heavy atom. The Morgan fingerprint density at radius 3 is 2.37 bits per heavy atom. The molecule has 164 valence electrons. The highest BCUT2D eigenvalue weighted by Gasteiger charge is 2.21. The molecule has 2 rings (SSSR count). The summed E-state index contributed by atoms with van der Waals surface area (Å²) in [5.41, 5.74) is 2.67. The van der Waals surface area contributed by atoms with Crippen LogP contribution in [0.2, 0.25) is 5.02 Å². The molecule has 1 amide bonds. The molecule has 0 aromatic heterocycles. The number of hydrogen-bond donors (Lipinski definition) is 1. The Hall–Kier alpha value is -1.70. The van der Waals surface area contributed by atoms with E-state index in [-0.39, 0.29) is 17.9 Å². The molecule has 0 atom stereocenters. The predicted molar refractivity (Wildman–Crippen MR) is 128 cm³/mol. The van der Waals surface area contributed by atoms with Crippen LogP contribution < -0.4 is 9.62 Å². The number of nitrogens with one attached hydrogen (secondary N) is 1. The summed E-state index contributed by atoms with van der Waals surface area (Å²) in [6, 6.07) is 15.0. The zero-order valence-electron chi connectivity index (χ0n) is 17.8. The fourth-order valence-electron chi connectivity index (χ4n) is 2.79. The third-order valence-corrected chi connectivity index (χ3v) is 6.84. The number of carbonyl (C=O) groups is 1. The molecule has 0 aliphatic carbocycles. The fourth-order valence-corrected chi connectivity index (χ4v) is 4.67. The third-order valence-electron chi connectivity index (χ3n) is 4.44. The van der Waals surface area contributed by atoms with Gasteiger partial charge in [-0.1, -0.05) is 56.6 Å². The maximum Gasteiger partial charge on any atom is 0.240 e. The van der Waals surface area contributed by atoms with Crippen molar-refractivity contribution in [2.24, 2.45) is 0 Å². The predicted octanol–water partition coefficient (Wildman–Crippen LogP) is 4.45. The lowest BCUT2D eigenvalue weighted by Crippen LogP contribution is -2.41. The van der Waals surface area contributed by atoms with Crippen LogP contribution in [-0.2, 0) is 26.0 Å². The molecule has 0 aliphatic rings. The number of amides is 1. The van der Waals surface area contributed by atoms with Gasteiger partial charge in [0.15, 0.2) is 0 Å². The van der Waals surface area contributed by atoms with Crippen LogP contribution >= 0.6 is 23.4 Å². The van der Waals surface area contributed by atoms with E-state index >= 15 is 0 Å². The van der Waals surface area contributed by atoms with Crippen LogP contribution in [-0.4, -0.2) is 39.4 Å². The molecule has 0 spiro atoms. The van der Waals surface area contributed by atoms with Gasteiger partial charge in [-0.2, -0.15) is 11.8 Å². The van der Waals surface area contributed by atoms with Crippen molar-refractivity contribution in [1.29, 1.82) is 0 Å². The Labute approximate surface area is 189 Å². The van der Waals surface area contributed by atoms with Gasteiger partial charge in [0, 0.05) is 23.1 Å². The van der Waals surface area contributed by atoms with Crippen molar-refractivity contribution in [3.8, 4) is 0 Å². The van der Waals surface area contributed by atoms with E-state index in [0.717, 1.165) is 33.2 Å². The van der Waals surface area contributed by atoms with Gasteiger partial charge in [-0.25, -0.2) is 8.42 Å².